The van der Waals surface area contributed by atoms with Gasteiger partial charge >= 0.3 is 0 Å². The van der Waals surface area contributed by atoms with Gasteiger partial charge in [0.25, 0.3) is 0 Å². The van der Waals surface area contributed by atoms with Gasteiger partial charge in [0.2, 0.25) is 15.9 Å². The van der Waals surface area contributed by atoms with Gasteiger partial charge in [-0.2, -0.15) is 0 Å². The Morgan fingerprint density at radius 2 is 2.11 bits per heavy atom. The normalized spacial score (nSPS) is 21.9. The van der Waals surface area contributed by atoms with E-state index in [1.165, 1.54) is 6.26 Å². The lowest BCUT2D eigenvalue weighted by molar-refractivity contribution is -0.120. The van der Waals surface area contributed by atoms with E-state index in [0.29, 0.717) is 38.6 Å². The number of hydrogen-bond donors (Lipinski definition) is 1. The highest BCUT2D eigenvalue weighted by Gasteiger charge is 2.35. The molecule has 0 spiro atoms. The third kappa shape index (κ3) is 5.97. The van der Waals surface area contributed by atoms with Gasteiger partial charge < -0.3 is 10.1 Å². The Kier molecular flexibility index (Phi) is 7.39. The number of ether oxygens (including phenoxy) is 1. The molecule has 0 aliphatic carbocycles. The van der Waals surface area contributed by atoms with E-state index in [1.807, 2.05) is 12.1 Å². The molecule has 3 heterocycles. The van der Waals surface area contributed by atoms with Gasteiger partial charge in [0, 0.05) is 63.9 Å². The first kappa shape index (κ1) is 21.2. The van der Waals surface area contributed by atoms with Gasteiger partial charge in [-0.25, -0.2) is 12.7 Å². The van der Waals surface area contributed by atoms with Crippen LogP contribution in [0.2, 0.25) is 0 Å². The smallest absolute Gasteiger partial charge is 0.224 e. The summed E-state index contributed by atoms with van der Waals surface area (Å²) >= 11 is 0. The van der Waals surface area contributed by atoms with Gasteiger partial charge in [0.05, 0.1) is 12.7 Å². The Labute approximate surface area is 167 Å². The number of aromatic nitrogens is 1. The average molecular weight is 411 g/mol. The molecule has 2 aliphatic rings. The van der Waals surface area contributed by atoms with E-state index in [-0.39, 0.29) is 11.9 Å². The van der Waals surface area contributed by atoms with Crippen LogP contribution in [-0.4, -0.2) is 86.2 Å². The third-order valence-electron chi connectivity index (χ3n) is 5.50. The van der Waals surface area contributed by atoms with E-state index < -0.39 is 10.0 Å². The van der Waals surface area contributed by atoms with Crippen molar-refractivity contribution in [3.8, 4) is 0 Å². The first-order valence-corrected chi connectivity index (χ1v) is 11.7. The largest absolute Gasteiger partial charge is 0.381 e. The Bertz CT molecular complexity index is 738. The van der Waals surface area contributed by atoms with Gasteiger partial charge in [-0.15, -0.1) is 0 Å². The molecule has 3 rings (SSSR count). The van der Waals surface area contributed by atoms with Crippen molar-refractivity contribution < 1.29 is 17.9 Å². The maximum atomic E-state index is 12.2. The summed E-state index contributed by atoms with van der Waals surface area (Å²) in [4.78, 5) is 18.6. The zero-order chi connectivity index (χ0) is 20.0. The minimum absolute atomic E-state index is 0.0240. The lowest BCUT2D eigenvalue weighted by atomic mass is 10.0. The summed E-state index contributed by atoms with van der Waals surface area (Å²) in [6.45, 7) is 3.82. The standard InChI is InChI=1S/C19H30N4O4S/c1-28(25,26)22-9-4-18(15-22)23(17-5-11-27-12-6-17)10-8-21-19(24)13-16-3-2-7-20-14-16/h2-3,7,14,17-18H,4-6,8-13,15H2,1H3,(H,21,24). The average Bonchev–Trinajstić information content (AvgIpc) is 3.17. The highest BCUT2D eigenvalue weighted by Crippen LogP contribution is 2.24. The quantitative estimate of drug-likeness (QED) is 0.661. The lowest BCUT2D eigenvalue weighted by Crippen LogP contribution is -2.50. The van der Waals surface area contributed by atoms with E-state index in [1.54, 1.807) is 16.7 Å². The Balaban J connectivity index is 1.54. The van der Waals surface area contributed by atoms with Gasteiger partial charge in [0.15, 0.2) is 0 Å². The summed E-state index contributed by atoms with van der Waals surface area (Å²) < 4.78 is 30.8. The molecule has 1 aromatic heterocycles. The fourth-order valence-corrected chi connectivity index (χ4v) is 4.92. The van der Waals surface area contributed by atoms with E-state index >= 15 is 0 Å². The Hall–Kier alpha value is -1.55. The molecule has 0 radical (unpaired) electrons. The van der Waals surface area contributed by atoms with Crippen LogP contribution in [0.4, 0.5) is 0 Å². The third-order valence-corrected chi connectivity index (χ3v) is 6.77. The topological polar surface area (TPSA) is 91.8 Å². The summed E-state index contributed by atoms with van der Waals surface area (Å²) in [7, 11) is -3.16. The van der Waals surface area contributed by atoms with Crippen molar-refractivity contribution >= 4 is 15.9 Å². The van der Waals surface area contributed by atoms with Crippen LogP contribution in [-0.2, 0) is 26.0 Å². The van der Waals surface area contributed by atoms with Crippen LogP contribution >= 0.6 is 0 Å². The molecular weight excluding hydrogens is 380 g/mol. The van der Waals surface area contributed by atoms with Crippen molar-refractivity contribution in [2.45, 2.75) is 37.8 Å². The minimum atomic E-state index is -3.16. The van der Waals surface area contributed by atoms with Crippen LogP contribution in [0.5, 0.6) is 0 Å². The molecule has 156 valence electrons. The molecule has 28 heavy (non-hydrogen) atoms. The second kappa shape index (κ2) is 9.78. The van der Waals surface area contributed by atoms with Crippen LogP contribution in [0.1, 0.15) is 24.8 Å². The molecule has 1 unspecified atom stereocenters. The van der Waals surface area contributed by atoms with E-state index in [9.17, 15) is 13.2 Å². The Morgan fingerprint density at radius 3 is 2.75 bits per heavy atom. The molecule has 2 saturated heterocycles. The van der Waals surface area contributed by atoms with Crippen LogP contribution < -0.4 is 5.32 Å². The molecule has 1 N–H and O–H groups in total. The monoisotopic (exact) mass is 410 g/mol. The molecule has 1 amide bonds. The number of amides is 1. The molecule has 0 saturated carbocycles. The molecule has 2 aliphatic heterocycles. The number of carbonyl (C=O) groups is 1. The summed E-state index contributed by atoms with van der Waals surface area (Å²) in [6.07, 6.45) is 7.69. The zero-order valence-corrected chi connectivity index (χ0v) is 17.2. The predicted molar refractivity (Wildman–Crippen MR) is 106 cm³/mol. The van der Waals surface area contributed by atoms with Gasteiger partial charge in [0.1, 0.15) is 0 Å². The summed E-state index contributed by atoms with van der Waals surface area (Å²) in [5, 5.41) is 2.99. The van der Waals surface area contributed by atoms with Crippen molar-refractivity contribution in [2.24, 2.45) is 0 Å². The lowest BCUT2D eigenvalue weighted by Gasteiger charge is -2.38. The van der Waals surface area contributed by atoms with E-state index in [0.717, 1.165) is 38.0 Å². The number of sulfonamides is 1. The number of carbonyl (C=O) groups excluding carboxylic acids is 1. The van der Waals surface area contributed by atoms with E-state index in [4.69, 9.17) is 4.74 Å². The molecule has 1 atom stereocenters. The van der Waals surface area contributed by atoms with Crippen molar-refractivity contribution in [1.29, 1.82) is 0 Å². The molecule has 0 aromatic carbocycles. The van der Waals surface area contributed by atoms with E-state index in [2.05, 4.69) is 15.2 Å². The van der Waals surface area contributed by atoms with Crippen LogP contribution in [0, 0.1) is 0 Å². The SMILES string of the molecule is CS(=O)(=O)N1CCC(N(CCNC(=O)Cc2cccnc2)C2CCOCC2)C1. The predicted octanol–water partition coefficient (Wildman–Crippen LogP) is 0.255. The highest BCUT2D eigenvalue weighted by atomic mass is 32.2. The van der Waals surface area contributed by atoms with Crippen molar-refractivity contribution in [1.82, 2.24) is 19.5 Å². The number of nitrogens with zero attached hydrogens (tertiary/aromatic N) is 3. The zero-order valence-electron chi connectivity index (χ0n) is 16.4. The molecule has 8 nitrogen and oxygen atoms in total. The fraction of sp³-hybridized carbons (Fsp3) is 0.684. The highest BCUT2D eigenvalue weighted by molar-refractivity contribution is 7.88. The second-order valence-electron chi connectivity index (χ2n) is 7.53. The fourth-order valence-electron chi connectivity index (χ4n) is 4.04. The summed E-state index contributed by atoms with van der Waals surface area (Å²) in [5.41, 5.74) is 0.890. The Morgan fingerprint density at radius 1 is 1.32 bits per heavy atom. The number of rotatable bonds is 8. The summed E-state index contributed by atoms with van der Waals surface area (Å²) in [6, 6.07) is 4.27. The molecule has 2 fully saturated rings. The first-order valence-electron chi connectivity index (χ1n) is 9.87. The summed E-state index contributed by atoms with van der Waals surface area (Å²) in [5.74, 6) is -0.0240. The number of hydrogen-bond acceptors (Lipinski definition) is 6. The molecule has 0 bridgehead atoms. The minimum Gasteiger partial charge on any atom is -0.381 e. The molecule has 1 aromatic rings. The van der Waals surface area contributed by atoms with Crippen molar-refractivity contribution in [2.75, 3.05) is 45.6 Å². The molecule has 9 heteroatoms. The maximum Gasteiger partial charge on any atom is 0.224 e. The number of pyridine rings is 1. The maximum absolute atomic E-state index is 12.2. The van der Waals surface area contributed by atoms with Gasteiger partial charge in [-0.3, -0.25) is 14.7 Å². The van der Waals surface area contributed by atoms with Crippen LogP contribution in [0.15, 0.2) is 24.5 Å². The first-order chi connectivity index (χ1) is 13.4. The van der Waals surface area contributed by atoms with Crippen molar-refractivity contribution in [3.63, 3.8) is 0 Å². The van der Waals surface area contributed by atoms with Crippen LogP contribution in [0.3, 0.4) is 0 Å². The van der Waals surface area contributed by atoms with Crippen LogP contribution in [0.25, 0.3) is 0 Å². The van der Waals surface area contributed by atoms with Gasteiger partial charge in [-0.05, 0) is 30.9 Å². The number of nitrogens with one attached hydrogen (secondary N) is 1. The van der Waals surface area contributed by atoms with Gasteiger partial charge in [-0.1, -0.05) is 6.07 Å². The molecular formula is C19H30N4O4S. The van der Waals surface area contributed by atoms with Crippen molar-refractivity contribution in [3.05, 3.63) is 30.1 Å². The second-order valence-corrected chi connectivity index (χ2v) is 9.52.